The van der Waals surface area contributed by atoms with Gasteiger partial charge in [-0.15, -0.1) is 0 Å². The Labute approximate surface area is 124 Å². The van der Waals surface area contributed by atoms with Gasteiger partial charge in [-0.2, -0.15) is 0 Å². The summed E-state index contributed by atoms with van der Waals surface area (Å²) in [5.41, 5.74) is 2.57. The predicted octanol–water partition coefficient (Wildman–Crippen LogP) is 3.45. The first-order chi connectivity index (χ1) is 9.88. The fraction of sp³-hybridized carbons (Fsp3) is 0.188. The summed E-state index contributed by atoms with van der Waals surface area (Å²) in [4.78, 5) is 11.2. The van der Waals surface area contributed by atoms with Crippen molar-refractivity contribution >= 4 is 16.8 Å². The lowest BCUT2D eigenvalue weighted by molar-refractivity contribution is 0.0691. The molecule has 2 aromatic carbocycles. The number of aromatic carboxylic acids is 1. The Morgan fingerprint density at radius 3 is 2.57 bits per heavy atom. The third-order valence-corrected chi connectivity index (χ3v) is 4.58. The molecule has 1 unspecified atom stereocenters. The molecule has 21 heavy (non-hydrogen) atoms. The normalized spacial score (nSPS) is 12.1. The van der Waals surface area contributed by atoms with Gasteiger partial charge in [-0.05, 0) is 43.2 Å². The molecule has 0 aliphatic rings. The standard InChI is InChI=1S/C16H15FO3S/c1-10-3-4-11(2)12(7-10)9-21(20)13-5-6-15(17)14(8-13)16(18)19/h3-8H,9H2,1-2H3,(H,18,19). The van der Waals surface area contributed by atoms with Crippen molar-refractivity contribution in [1.29, 1.82) is 0 Å². The first kappa shape index (κ1) is 15.4. The third kappa shape index (κ3) is 3.55. The minimum Gasteiger partial charge on any atom is -0.478 e. The number of carboxylic acids is 1. The van der Waals surface area contributed by atoms with Crippen LogP contribution < -0.4 is 0 Å². The lowest BCUT2D eigenvalue weighted by Crippen LogP contribution is -2.04. The molecule has 110 valence electrons. The summed E-state index contributed by atoms with van der Waals surface area (Å²) in [7, 11) is -1.42. The van der Waals surface area contributed by atoms with Crippen molar-refractivity contribution in [3.8, 4) is 0 Å². The highest BCUT2D eigenvalue weighted by atomic mass is 32.2. The van der Waals surface area contributed by atoms with Gasteiger partial charge in [-0.1, -0.05) is 23.8 Å². The van der Waals surface area contributed by atoms with Crippen LogP contribution in [0.2, 0.25) is 0 Å². The maximum atomic E-state index is 13.3. The molecule has 0 aliphatic carbocycles. The molecule has 0 heterocycles. The highest BCUT2D eigenvalue weighted by Gasteiger charge is 2.14. The fourth-order valence-electron chi connectivity index (χ4n) is 1.99. The van der Waals surface area contributed by atoms with Gasteiger partial charge in [-0.25, -0.2) is 9.18 Å². The van der Waals surface area contributed by atoms with Crippen LogP contribution in [-0.4, -0.2) is 15.3 Å². The van der Waals surface area contributed by atoms with Crippen molar-refractivity contribution in [2.75, 3.05) is 0 Å². The average molecular weight is 306 g/mol. The van der Waals surface area contributed by atoms with E-state index in [0.29, 0.717) is 4.90 Å². The predicted molar refractivity (Wildman–Crippen MR) is 79.4 cm³/mol. The van der Waals surface area contributed by atoms with E-state index < -0.39 is 28.1 Å². The van der Waals surface area contributed by atoms with Crippen LogP contribution in [-0.2, 0) is 16.6 Å². The lowest BCUT2D eigenvalue weighted by Gasteiger charge is -2.08. The Hall–Kier alpha value is -2.01. The minimum absolute atomic E-state index is 0.276. The smallest absolute Gasteiger partial charge is 0.338 e. The van der Waals surface area contributed by atoms with Crippen molar-refractivity contribution in [2.45, 2.75) is 24.5 Å². The van der Waals surface area contributed by atoms with Crippen LogP contribution in [0.5, 0.6) is 0 Å². The molecule has 0 fully saturated rings. The maximum Gasteiger partial charge on any atom is 0.338 e. The van der Waals surface area contributed by atoms with Gasteiger partial charge in [-0.3, -0.25) is 4.21 Å². The van der Waals surface area contributed by atoms with E-state index in [-0.39, 0.29) is 5.75 Å². The summed E-state index contributed by atoms with van der Waals surface area (Å²) in [6, 6.07) is 9.42. The number of aryl methyl sites for hydroxylation is 2. The molecular weight excluding hydrogens is 291 g/mol. The zero-order chi connectivity index (χ0) is 15.6. The van der Waals surface area contributed by atoms with Crippen LogP contribution in [0.4, 0.5) is 4.39 Å². The molecule has 0 aliphatic heterocycles. The Bertz CT molecular complexity index is 725. The summed E-state index contributed by atoms with van der Waals surface area (Å²) in [6.07, 6.45) is 0. The highest BCUT2D eigenvalue weighted by Crippen LogP contribution is 2.19. The molecule has 2 rings (SSSR count). The number of halogens is 1. The van der Waals surface area contributed by atoms with Crippen LogP contribution in [0.1, 0.15) is 27.0 Å². The summed E-state index contributed by atoms with van der Waals surface area (Å²) in [6.45, 7) is 3.88. The Morgan fingerprint density at radius 1 is 1.19 bits per heavy atom. The summed E-state index contributed by atoms with van der Waals surface area (Å²) in [5.74, 6) is -1.91. The summed E-state index contributed by atoms with van der Waals surface area (Å²) >= 11 is 0. The Balaban J connectivity index is 2.30. The Kier molecular flexibility index (Phi) is 4.53. The van der Waals surface area contributed by atoms with Gasteiger partial charge >= 0.3 is 5.97 Å². The second-order valence-corrected chi connectivity index (χ2v) is 6.32. The molecule has 3 nitrogen and oxygen atoms in total. The fourth-order valence-corrected chi connectivity index (χ4v) is 3.22. The zero-order valence-electron chi connectivity index (χ0n) is 11.7. The molecule has 0 radical (unpaired) electrons. The number of hydrogen-bond acceptors (Lipinski definition) is 2. The number of hydrogen-bond donors (Lipinski definition) is 1. The van der Waals surface area contributed by atoms with Gasteiger partial charge in [0.15, 0.2) is 0 Å². The van der Waals surface area contributed by atoms with Crippen molar-refractivity contribution in [3.63, 3.8) is 0 Å². The zero-order valence-corrected chi connectivity index (χ0v) is 12.5. The van der Waals surface area contributed by atoms with Crippen molar-refractivity contribution < 1.29 is 18.5 Å². The molecule has 1 atom stereocenters. The van der Waals surface area contributed by atoms with Crippen LogP contribution in [0.3, 0.4) is 0 Å². The summed E-state index contributed by atoms with van der Waals surface area (Å²) < 4.78 is 25.7. The van der Waals surface area contributed by atoms with Gasteiger partial charge in [0.05, 0.1) is 22.1 Å². The molecular formula is C16H15FO3S. The van der Waals surface area contributed by atoms with E-state index in [4.69, 9.17) is 5.11 Å². The quantitative estimate of drug-likeness (QED) is 0.941. The van der Waals surface area contributed by atoms with Crippen LogP contribution in [0, 0.1) is 19.7 Å². The van der Waals surface area contributed by atoms with Crippen molar-refractivity contribution in [2.24, 2.45) is 0 Å². The number of carboxylic acid groups (broad SMARTS) is 1. The maximum absolute atomic E-state index is 13.3. The number of rotatable bonds is 4. The van der Waals surface area contributed by atoms with Crippen molar-refractivity contribution in [3.05, 3.63) is 64.5 Å². The van der Waals surface area contributed by atoms with Gasteiger partial charge in [0.2, 0.25) is 0 Å². The van der Waals surface area contributed by atoms with E-state index in [0.717, 1.165) is 28.8 Å². The monoisotopic (exact) mass is 306 g/mol. The van der Waals surface area contributed by atoms with Gasteiger partial charge in [0.25, 0.3) is 0 Å². The molecule has 1 N–H and O–H groups in total. The topological polar surface area (TPSA) is 54.4 Å². The van der Waals surface area contributed by atoms with E-state index in [1.165, 1.54) is 6.07 Å². The van der Waals surface area contributed by atoms with Crippen LogP contribution in [0.15, 0.2) is 41.3 Å². The first-order valence-corrected chi connectivity index (χ1v) is 7.67. The van der Waals surface area contributed by atoms with Gasteiger partial charge < -0.3 is 5.11 Å². The molecule has 0 amide bonds. The van der Waals surface area contributed by atoms with E-state index in [2.05, 4.69) is 0 Å². The largest absolute Gasteiger partial charge is 0.478 e. The lowest BCUT2D eigenvalue weighted by atomic mass is 10.1. The molecule has 0 bridgehead atoms. The van der Waals surface area contributed by atoms with Gasteiger partial charge in [0, 0.05) is 4.90 Å². The molecule has 0 saturated heterocycles. The molecule has 5 heteroatoms. The highest BCUT2D eigenvalue weighted by molar-refractivity contribution is 7.84. The van der Waals surface area contributed by atoms with E-state index in [1.54, 1.807) is 0 Å². The van der Waals surface area contributed by atoms with Crippen LogP contribution >= 0.6 is 0 Å². The number of carbonyl (C=O) groups is 1. The van der Waals surface area contributed by atoms with Crippen molar-refractivity contribution in [1.82, 2.24) is 0 Å². The second kappa shape index (κ2) is 6.18. The molecule has 0 saturated carbocycles. The third-order valence-electron chi connectivity index (χ3n) is 3.22. The first-order valence-electron chi connectivity index (χ1n) is 6.36. The van der Waals surface area contributed by atoms with E-state index >= 15 is 0 Å². The molecule has 0 spiro atoms. The second-order valence-electron chi connectivity index (χ2n) is 4.87. The Morgan fingerprint density at radius 2 is 1.90 bits per heavy atom. The van der Waals surface area contributed by atoms with E-state index in [9.17, 15) is 13.4 Å². The minimum atomic E-state index is -1.42. The van der Waals surface area contributed by atoms with Crippen LogP contribution in [0.25, 0.3) is 0 Å². The molecule has 2 aromatic rings. The average Bonchev–Trinajstić information content (AvgIpc) is 2.43. The SMILES string of the molecule is Cc1ccc(C)c(CS(=O)c2ccc(F)c(C(=O)O)c2)c1. The molecule has 0 aromatic heterocycles. The van der Waals surface area contributed by atoms with E-state index in [1.807, 2.05) is 32.0 Å². The number of benzene rings is 2. The summed E-state index contributed by atoms with van der Waals surface area (Å²) in [5, 5.41) is 8.90. The van der Waals surface area contributed by atoms with Gasteiger partial charge in [0.1, 0.15) is 5.82 Å².